The summed E-state index contributed by atoms with van der Waals surface area (Å²) in [6.45, 7) is 2.97. The number of aromatic nitrogens is 2. The van der Waals surface area contributed by atoms with Crippen LogP contribution in [-0.4, -0.2) is 28.3 Å². The fourth-order valence-corrected chi connectivity index (χ4v) is 5.03. The number of aryl methyl sites for hydroxylation is 3. The number of nitrogens with zero attached hydrogens (tertiary/aromatic N) is 2. The highest BCUT2D eigenvalue weighted by atomic mass is 32.1. The van der Waals surface area contributed by atoms with E-state index in [-0.39, 0.29) is 18.9 Å². The fraction of sp³-hybridized carbons (Fsp3) is 0.364. The largest absolute Gasteiger partial charge is 0.416 e. The summed E-state index contributed by atoms with van der Waals surface area (Å²) in [6, 6.07) is 6.54. The van der Waals surface area contributed by atoms with Gasteiger partial charge in [-0.3, -0.25) is 9.48 Å². The second-order valence-electron chi connectivity index (χ2n) is 7.76. The number of nitrogens with one attached hydrogen (secondary N) is 1. The Balaban J connectivity index is 1.52. The van der Waals surface area contributed by atoms with Gasteiger partial charge in [-0.1, -0.05) is 18.2 Å². The van der Waals surface area contributed by atoms with E-state index in [4.69, 9.17) is 5.73 Å². The first-order valence-electron chi connectivity index (χ1n) is 10.1. The highest BCUT2D eigenvalue weighted by molar-refractivity contribution is 7.14. The summed E-state index contributed by atoms with van der Waals surface area (Å²) < 4.78 is 40.9. The Bertz CT molecular complexity index is 1100. The number of carbonyl (C=O) groups is 1. The molecule has 9 heteroatoms. The third kappa shape index (κ3) is 4.52. The van der Waals surface area contributed by atoms with Crippen LogP contribution in [0.15, 0.2) is 36.5 Å². The molecule has 5 nitrogen and oxygen atoms in total. The van der Waals surface area contributed by atoms with Gasteiger partial charge in [0.25, 0.3) is 5.91 Å². The van der Waals surface area contributed by atoms with Crippen molar-refractivity contribution in [2.24, 2.45) is 5.73 Å². The molecule has 1 amide bonds. The Morgan fingerprint density at radius 3 is 2.90 bits per heavy atom. The van der Waals surface area contributed by atoms with Crippen LogP contribution in [0, 0.1) is 6.92 Å². The fourth-order valence-electron chi connectivity index (χ4n) is 3.92. The number of carbonyl (C=O) groups excluding carboxylic acids is 1. The topological polar surface area (TPSA) is 72.9 Å². The average molecular weight is 449 g/mol. The van der Waals surface area contributed by atoms with Crippen molar-refractivity contribution in [3.8, 4) is 11.3 Å². The molecule has 1 aliphatic heterocycles. The van der Waals surface area contributed by atoms with Gasteiger partial charge in [0.2, 0.25) is 0 Å². The highest BCUT2D eigenvalue weighted by Crippen LogP contribution is 2.36. The van der Waals surface area contributed by atoms with Gasteiger partial charge in [-0.25, -0.2) is 0 Å². The molecule has 0 fully saturated rings. The van der Waals surface area contributed by atoms with Crippen LogP contribution in [0.3, 0.4) is 0 Å². The van der Waals surface area contributed by atoms with Crippen LogP contribution in [0.25, 0.3) is 11.3 Å². The van der Waals surface area contributed by atoms with Crippen LogP contribution < -0.4 is 11.1 Å². The zero-order valence-corrected chi connectivity index (χ0v) is 17.8. The number of alkyl halides is 3. The van der Waals surface area contributed by atoms with Crippen molar-refractivity contribution in [3.05, 3.63) is 63.0 Å². The number of benzene rings is 1. The zero-order chi connectivity index (χ0) is 22.2. The minimum atomic E-state index is -4.41. The highest BCUT2D eigenvalue weighted by Gasteiger charge is 2.30. The van der Waals surface area contributed by atoms with Crippen LogP contribution in [0.2, 0.25) is 0 Å². The summed E-state index contributed by atoms with van der Waals surface area (Å²) in [4.78, 5) is 14.6. The summed E-state index contributed by atoms with van der Waals surface area (Å²) >= 11 is 1.45. The van der Waals surface area contributed by atoms with Crippen molar-refractivity contribution in [2.45, 2.75) is 44.9 Å². The number of nitrogens with two attached hydrogens (primary N) is 1. The quantitative estimate of drug-likeness (QED) is 0.615. The third-order valence-corrected chi connectivity index (χ3v) is 6.63. The van der Waals surface area contributed by atoms with E-state index in [1.165, 1.54) is 17.4 Å². The molecule has 1 atom stereocenters. The minimum Gasteiger partial charge on any atom is -0.347 e. The van der Waals surface area contributed by atoms with Gasteiger partial charge in [-0.05, 0) is 49.4 Å². The minimum absolute atomic E-state index is 0.124. The smallest absolute Gasteiger partial charge is 0.347 e. The number of hydrogen-bond donors (Lipinski definition) is 2. The van der Waals surface area contributed by atoms with E-state index in [1.54, 1.807) is 6.07 Å². The molecule has 3 aromatic rings. The first kappa shape index (κ1) is 21.6. The Kier molecular flexibility index (Phi) is 5.90. The number of hydrogen-bond acceptors (Lipinski definition) is 4. The third-order valence-electron chi connectivity index (χ3n) is 5.44. The number of amides is 1. The molecule has 0 saturated carbocycles. The van der Waals surface area contributed by atoms with Crippen LogP contribution in [0.4, 0.5) is 13.2 Å². The lowest BCUT2D eigenvalue weighted by Gasteiger charge is -2.17. The average Bonchev–Trinajstić information content (AvgIpc) is 3.26. The van der Waals surface area contributed by atoms with Crippen LogP contribution in [0.5, 0.6) is 0 Å². The summed E-state index contributed by atoms with van der Waals surface area (Å²) in [7, 11) is 0. The molecular formula is C22H23F3N4OS. The lowest BCUT2D eigenvalue weighted by atomic mass is 10.0. The van der Waals surface area contributed by atoms with Crippen molar-refractivity contribution in [3.63, 3.8) is 0 Å². The van der Waals surface area contributed by atoms with E-state index in [9.17, 15) is 18.0 Å². The summed E-state index contributed by atoms with van der Waals surface area (Å²) in [5.74, 6) is -0.260. The van der Waals surface area contributed by atoms with E-state index in [1.807, 2.05) is 23.9 Å². The molecule has 0 aliphatic carbocycles. The summed E-state index contributed by atoms with van der Waals surface area (Å²) in [6.07, 6.45) is -0.522. The number of thiophene rings is 1. The van der Waals surface area contributed by atoms with E-state index in [2.05, 4.69) is 10.4 Å². The predicted octanol–water partition coefficient (Wildman–Crippen LogP) is 4.18. The SMILES string of the molecule is Cc1cnn2c1-c1cc(C(=O)N[C@H](CN)Cc3cccc(C(F)(F)F)c3)sc1CCC2. The van der Waals surface area contributed by atoms with Gasteiger partial charge < -0.3 is 11.1 Å². The predicted molar refractivity (Wildman–Crippen MR) is 114 cm³/mol. The first-order chi connectivity index (χ1) is 14.8. The molecule has 0 spiro atoms. The molecule has 4 rings (SSSR count). The van der Waals surface area contributed by atoms with Crippen LogP contribution in [-0.2, 0) is 25.6 Å². The van der Waals surface area contributed by atoms with Gasteiger partial charge in [0.15, 0.2) is 0 Å². The second-order valence-corrected chi connectivity index (χ2v) is 8.90. The standard InChI is InChI=1S/C22H23F3N4OS/c1-13-12-27-29-7-3-6-18-17(20(13)29)10-19(31-18)21(30)28-16(11-26)9-14-4-2-5-15(8-14)22(23,24)25/h2,4-5,8,10,12,16H,3,6-7,9,11,26H2,1H3,(H,28,30)/t16-/m0/s1. The molecule has 2 aromatic heterocycles. The summed E-state index contributed by atoms with van der Waals surface area (Å²) in [5.41, 5.74) is 8.73. The maximum Gasteiger partial charge on any atom is 0.416 e. The van der Waals surface area contributed by atoms with Gasteiger partial charge in [0.1, 0.15) is 0 Å². The molecule has 0 unspecified atom stereocenters. The van der Waals surface area contributed by atoms with Gasteiger partial charge in [-0.15, -0.1) is 11.3 Å². The molecule has 1 aliphatic rings. The van der Waals surface area contributed by atoms with Crippen LogP contribution >= 0.6 is 11.3 Å². The maximum absolute atomic E-state index is 13.0. The van der Waals surface area contributed by atoms with Gasteiger partial charge in [0, 0.05) is 29.6 Å². The van der Waals surface area contributed by atoms with E-state index < -0.39 is 17.8 Å². The Morgan fingerprint density at radius 1 is 1.35 bits per heavy atom. The number of rotatable bonds is 5. The second kappa shape index (κ2) is 8.47. The van der Waals surface area contributed by atoms with Crippen molar-refractivity contribution in [1.29, 1.82) is 0 Å². The first-order valence-corrected chi connectivity index (χ1v) is 10.9. The molecular weight excluding hydrogens is 425 g/mol. The molecule has 0 radical (unpaired) electrons. The Morgan fingerprint density at radius 2 is 2.16 bits per heavy atom. The maximum atomic E-state index is 13.0. The van der Waals surface area contributed by atoms with Crippen molar-refractivity contribution >= 4 is 17.2 Å². The van der Waals surface area contributed by atoms with E-state index in [0.29, 0.717) is 10.4 Å². The Hall–Kier alpha value is -2.65. The van der Waals surface area contributed by atoms with Gasteiger partial charge in [0.05, 0.1) is 22.3 Å². The molecule has 3 heterocycles. The lowest BCUT2D eigenvalue weighted by Crippen LogP contribution is -2.41. The van der Waals surface area contributed by atoms with E-state index >= 15 is 0 Å². The number of fused-ring (bicyclic) bond motifs is 3. The molecule has 31 heavy (non-hydrogen) atoms. The zero-order valence-electron chi connectivity index (χ0n) is 17.0. The van der Waals surface area contributed by atoms with Crippen LogP contribution in [0.1, 0.15) is 37.7 Å². The Labute approximate surface area is 182 Å². The van der Waals surface area contributed by atoms with Gasteiger partial charge in [-0.2, -0.15) is 18.3 Å². The summed E-state index contributed by atoms with van der Waals surface area (Å²) in [5, 5.41) is 7.32. The molecule has 0 saturated heterocycles. The van der Waals surface area contributed by atoms with Crippen molar-refractivity contribution in [1.82, 2.24) is 15.1 Å². The van der Waals surface area contributed by atoms with Crippen molar-refractivity contribution < 1.29 is 18.0 Å². The van der Waals surface area contributed by atoms with Crippen molar-refractivity contribution in [2.75, 3.05) is 6.54 Å². The number of halogens is 3. The lowest BCUT2D eigenvalue weighted by molar-refractivity contribution is -0.137. The molecule has 0 bridgehead atoms. The van der Waals surface area contributed by atoms with Gasteiger partial charge >= 0.3 is 6.18 Å². The molecule has 1 aromatic carbocycles. The monoisotopic (exact) mass is 448 g/mol. The molecule has 164 valence electrons. The van der Waals surface area contributed by atoms with E-state index in [0.717, 1.165) is 53.2 Å². The normalized spacial score (nSPS) is 14.5. The molecule has 3 N–H and O–H groups in total.